The summed E-state index contributed by atoms with van der Waals surface area (Å²) in [6, 6.07) is 1.87. The maximum absolute atomic E-state index is 12.6. The third-order valence-corrected chi connectivity index (χ3v) is 5.11. The zero-order valence-electron chi connectivity index (χ0n) is 15.6. The van der Waals surface area contributed by atoms with E-state index in [4.69, 9.17) is 0 Å². The fourth-order valence-electron chi connectivity index (χ4n) is 3.31. The molecule has 8 heteroatoms. The highest BCUT2D eigenvalue weighted by atomic mass is 16.4. The molecule has 1 saturated heterocycles. The van der Waals surface area contributed by atoms with Gasteiger partial charge in [0.1, 0.15) is 5.69 Å². The summed E-state index contributed by atoms with van der Waals surface area (Å²) in [5.74, 6) is -1.03. The summed E-state index contributed by atoms with van der Waals surface area (Å²) in [6.07, 6.45) is 5.49. The van der Waals surface area contributed by atoms with Gasteiger partial charge in [0.15, 0.2) is 5.54 Å². The van der Waals surface area contributed by atoms with E-state index in [1.165, 1.54) is 6.20 Å². The van der Waals surface area contributed by atoms with Gasteiger partial charge in [-0.05, 0) is 6.07 Å². The molecule has 0 aromatic carbocycles. The molecule has 1 N–H and O–H groups in total. The maximum Gasteiger partial charge on any atom is 0.331 e. The Labute approximate surface area is 152 Å². The fourth-order valence-corrected chi connectivity index (χ4v) is 3.31. The zero-order valence-corrected chi connectivity index (χ0v) is 15.6. The average molecular weight is 359 g/mol. The van der Waals surface area contributed by atoms with Crippen LogP contribution in [0.4, 0.5) is 0 Å². The van der Waals surface area contributed by atoms with E-state index in [1.807, 2.05) is 26.8 Å². The first-order chi connectivity index (χ1) is 12.1. The van der Waals surface area contributed by atoms with E-state index < -0.39 is 11.5 Å². The van der Waals surface area contributed by atoms with E-state index in [-0.39, 0.29) is 11.3 Å². The van der Waals surface area contributed by atoms with Crippen molar-refractivity contribution in [2.45, 2.75) is 44.6 Å². The van der Waals surface area contributed by atoms with Crippen LogP contribution in [-0.2, 0) is 22.8 Å². The molecule has 3 heterocycles. The first-order valence-corrected chi connectivity index (χ1v) is 8.71. The number of aryl methyl sites for hydroxylation is 1. The normalized spacial score (nSPS) is 17.3. The molecule has 26 heavy (non-hydrogen) atoms. The van der Waals surface area contributed by atoms with Gasteiger partial charge < -0.3 is 14.6 Å². The van der Waals surface area contributed by atoms with Gasteiger partial charge in [-0.2, -0.15) is 5.10 Å². The molecular weight excluding hydrogens is 334 g/mol. The fraction of sp³-hybridized carbons (Fsp3) is 0.556. The predicted octanol–water partition coefficient (Wildman–Crippen LogP) is 1.63. The second-order valence-corrected chi connectivity index (χ2v) is 7.91. The molecule has 0 aliphatic carbocycles. The highest BCUT2D eigenvalue weighted by Gasteiger charge is 2.45. The monoisotopic (exact) mass is 359 g/mol. The number of piperidine rings is 1. The second kappa shape index (κ2) is 6.26. The van der Waals surface area contributed by atoms with E-state index in [0.717, 1.165) is 5.69 Å². The van der Waals surface area contributed by atoms with Crippen LogP contribution in [0.15, 0.2) is 24.8 Å². The van der Waals surface area contributed by atoms with Gasteiger partial charge in [0.25, 0.3) is 5.91 Å². The molecule has 8 nitrogen and oxygen atoms in total. The topological polar surface area (TPSA) is 93.3 Å². The molecule has 0 saturated carbocycles. The molecule has 2 aromatic heterocycles. The molecule has 0 unspecified atom stereocenters. The number of nitrogens with zero attached hydrogens (tertiary/aromatic N) is 5. The smallest absolute Gasteiger partial charge is 0.331 e. The number of hydrogen-bond acceptors (Lipinski definition) is 4. The quantitative estimate of drug-likeness (QED) is 0.899. The van der Waals surface area contributed by atoms with Gasteiger partial charge in [0, 0.05) is 44.6 Å². The molecule has 1 fully saturated rings. The largest absolute Gasteiger partial charge is 0.479 e. The Morgan fingerprint density at radius 3 is 2.35 bits per heavy atom. The Morgan fingerprint density at radius 2 is 1.88 bits per heavy atom. The molecule has 2 aromatic rings. The standard InChI is InChI=1S/C18H25N5O3/c1-17(2,3)14-5-8-23(20-14)18(16(25)26)6-9-22(10-7-18)15(24)13-11-19-12-21(13)4/h5,8,11-12H,6-7,9-10H2,1-4H3,(H,25,26). The summed E-state index contributed by atoms with van der Waals surface area (Å²) in [7, 11) is 1.77. The lowest BCUT2D eigenvalue weighted by Crippen LogP contribution is -2.52. The molecule has 3 rings (SSSR count). The second-order valence-electron chi connectivity index (χ2n) is 7.91. The Bertz CT molecular complexity index is 822. The van der Waals surface area contributed by atoms with Crippen LogP contribution in [0.1, 0.15) is 49.8 Å². The third-order valence-electron chi connectivity index (χ3n) is 5.11. The molecule has 1 aliphatic heterocycles. The first-order valence-electron chi connectivity index (χ1n) is 8.71. The molecular formula is C18H25N5O3. The van der Waals surface area contributed by atoms with E-state index in [0.29, 0.717) is 31.6 Å². The molecule has 1 amide bonds. The van der Waals surface area contributed by atoms with E-state index in [2.05, 4.69) is 10.1 Å². The average Bonchev–Trinajstić information content (AvgIpc) is 3.23. The highest BCUT2D eigenvalue weighted by molar-refractivity contribution is 5.92. The van der Waals surface area contributed by atoms with Crippen molar-refractivity contribution in [1.29, 1.82) is 0 Å². The Hall–Kier alpha value is -2.64. The van der Waals surface area contributed by atoms with Gasteiger partial charge in [0.2, 0.25) is 0 Å². The number of amides is 1. The van der Waals surface area contributed by atoms with Crippen molar-refractivity contribution in [3.05, 3.63) is 36.2 Å². The summed E-state index contributed by atoms with van der Waals surface area (Å²) in [5, 5.41) is 14.5. The van der Waals surface area contributed by atoms with Gasteiger partial charge in [-0.25, -0.2) is 9.78 Å². The summed E-state index contributed by atoms with van der Waals surface area (Å²) >= 11 is 0. The van der Waals surface area contributed by atoms with Crippen molar-refractivity contribution in [3.63, 3.8) is 0 Å². The minimum Gasteiger partial charge on any atom is -0.479 e. The molecule has 0 spiro atoms. The lowest BCUT2D eigenvalue weighted by atomic mass is 9.87. The maximum atomic E-state index is 12.6. The van der Waals surface area contributed by atoms with Gasteiger partial charge in [-0.15, -0.1) is 0 Å². The van der Waals surface area contributed by atoms with Gasteiger partial charge in [-0.1, -0.05) is 20.8 Å². The van der Waals surface area contributed by atoms with Crippen molar-refractivity contribution in [3.8, 4) is 0 Å². The highest BCUT2D eigenvalue weighted by Crippen LogP contribution is 2.32. The van der Waals surface area contributed by atoms with Crippen molar-refractivity contribution in [2.75, 3.05) is 13.1 Å². The van der Waals surface area contributed by atoms with Crippen molar-refractivity contribution >= 4 is 11.9 Å². The predicted molar refractivity (Wildman–Crippen MR) is 94.9 cm³/mol. The van der Waals surface area contributed by atoms with Crippen LogP contribution in [-0.4, -0.2) is 54.3 Å². The van der Waals surface area contributed by atoms with Crippen LogP contribution >= 0.6 is 0 Å². The van der Waals surface area contributed by atoms with Crippen LogP contribution < -0.4 is 0 Å². The van der Waals surface area contributed by atoms with Gasteiger partial charge in [-0.3, -0.25) is 9.48 Å². The number of hydrogen-bond donors (Lipinski definition) is 1. The molecule has 0 radical (unpaired) electrons. The van der Waals surface area contributed by atoms with Crippen LogP contribution in [0, 0.1) is 0 Å². The van der Waals surface area contributed by atoms with Crippen LogP contribution in [0.3, 0.4) is 0 Å². The number of likely N-dealkylation sites (tertiary alicyclic amines) is 1. The van der Waals surface area contributed by atoms with Gasteiger partial charge in [0.05, 0.1) is 18.2 Å². The summed E-state index contributed by atoms with van der Waals surface area (Å²) in [5.41, 5.74) is 0.0851. The minimum absolute atomic E-state index is 0.125. The van der Waals surface area contributed by atoms with Crippen LogP contribution in [0.5, 0.6) is 0 Å². The number of carbonyl (C=O) groups excluding carboxylic acids is 1. The van der Waals surface area contributed by atoms with E-state index >= 15 is 0 Å². The Morgan fingerprint density at radius 1 is 1.23 bits per heavy atom. The lowest BCUT2D eigenvalue weighted by Gasteiger charge is -2.39. The first kappa shape index (κ1) is 18.2. The molecule has 1 aliphatic rings. The Balaban J connectivity index is 1.81. The number of aliphatic carboxylic acids is 1. The number of carboxylic acid groups (broad SMARTS) is 1. The number of carboxylic acids is 1. The Kier molecular flexibility index (Phi) is 4.37. The van der Waals surface area contributed by atoms with Crippen molar-refractivity contribution in [1.82, 2.24) is 24.2 Å². The number of carbonyl (C=O) groups is 2. The van der Waals surface area contributed by atoms with E-state index in [1.54, 1.807) is 33.7 Å². The zero-order chi connectivity index (χ0) is 19.1. The summed E-state index contributed by atoms with van der Waals surface area (Å²) in [6.45, 7) is 6.86. The van der Waals surface area contributed by atoms with Crippen LogP contribution in [0.2, 0.25) is 0 Å². The van der Waals surface area contributed by atoms with Crippen molar-refractivity contribution < 1.29 is 14.7 Å². The molecule has 0 atom stereocenters. The third kappa shape index (κ3) is 3.00. The molecule has 0 bridgehead atoms. The van der Waals surface area contributed by atoms with Crippen LogP contribution in [0.25, 0.3) is 0 Å². The van der Waals surface area contributed by atoms with Gasteiger partial charge >= 0.3 is 5.97 Å². The van der Waals surface area contributed by atoms with Crippen molar-refractivity contribution in [2.24, 2.45) is 7.05 Å². The summed E-state index contributed by atoms with van der Waals surface area (Å²) < 4.78 is 3.24. The molecule has 140 valence electrons. The van der Waals surface area contributed by atoms with E-state index in [9.17, 15) is 14.7 Å². The summed E-state index contributed by atoms with van der Waals surface area (Å²) in [4.78, 5) is 30.4. The SMILES string of the molecule is Cn1cncc1C(=O)N1CCC(C(=O)O)(n2ccc(C(C)(C)C)n2)CC1. The lowest BCUT2D eigenvalue weighted by molar-refractivity contribution is -0.150. The minimum atomic E-state index is -1.12. The number of rotatable bonds is 3. The number of imidazole rings is 1. The number of aromatic nitrogens is 4.